The zero-order valence-corrected chi connectivity index (χ0v) is 6.39. The SMILES string of the molecule is Cc1oc(=O)[nH]c1C(C)C. The maximum Gasteiger partial charge on any atom is 0.416 e. The summed E-state index contributed by atoms with van der Waals surface area (Å²) in [5, 5.41) is 0. The number of H-pyrrole nitrogens is 1. The maximum absolute atomic E-state index is 10.6. The van der Waals surface area contributed by atoms with Crippen LogP contribution < -0.4 is 5.76 Å². The van der Waals surface area contributed by atoms with E-state index >= 15 is 0 Å². The van der Waals surface area contributed by atoms with Crippen molar-refractivity contribution in [3.8, 4) is 0 Å². The second-order valence-corrected chi connectivity index (χ2v) is 2.64. The maximum atomic E-state index is 10.6. The van der Waals surface area contributed by atoms with Gasteiger partial charge < -0.3 is 4.42 Å². The molecular weight excluding hydrogens is 130 g/mol. The smallest absolute Gasteiger partial charge is 0.413 e. The number of hydrogen-bond acceptors (Lipinski definition) is 2. The molecule has 0 bridgehead atoms. The third kappa shape index (κ3) is 1.12. The number of oxazole rings is 1. The van der Waals surface area contributed by atoms with E-state index in [2.05, 4.69) is 4.98 Å². The highest BCUT2D eigenvalue weighted by atomic mass is 16.4. The number of rotatable bonds is 1. The summed E-state index contributed by atoms with van der Waals surface area (Å²) in [5.74, 6) is 0.660. The van der Waals surface area contributed by atoms with Crippen molar-refractivity contribution >= 4 is 0 Å². The van der Waals surface area contributed by atoms with Crippen LogP contribution in [0.4, 0.5) is 0 Å². The first-order chi connectivity index (χ1) is 4.61. The molecule has 0 fully saturated rings. The largest absolute Gasteiger partial charge is 0.416 e. The van der Waals surface area contributed by atoms with Crippen LogP contribution in [0.1, 0.15) is 31.2 Å². The Bertz CT molecular complexity index is 269. The van der Waals surface area contributed by atoms with E-state index in [1.807, 2.05) is 13.8 Å². The van der Waals surface area contributed by atoms with Gasteiger partial charge in [0.05, 0.1) is 5.69 Å². The van der Waals surface area contributed by atoms with Crippen molar-refractivity contribution in [3.63, 3.8) is 0 Å². The molecule has 0 spiro atoms. The minimum atomic E-state index is -0.360. The van der Waals surface area contributed by atoms with Crippen molar-refractivity contribution in [3.05, 3.63) is 22.0 Å². The molecule has 3 nitrogen and oxygen atoms in total. The molecule has 56 valence electrons. The summed E-state index contributed by atoms with van der Waals surface area (Å²) < 4.78 is 4.76. The van der Waals surface area contributed by atoms with Crippen LogP contribution in [0.25, 0.3) is 0 Å². The Balaban J connectivity index is 3.15. The van der Waals surface area contributed by atoms with Gasteiger partial charge in [-0.25, -0.2) is 4.79 Å². The van der Waals surface area contributed by atoms with Crippen LogP contribution in [0.15, 0.2) is 9.21 Å². The Morgan fingerprint density at radius 1 is 1.50 bits per heavy atom. The lowest BCUT2D eigenvalue weighted by atomic mass is 10.1. The van der Waals surface area contributed by atoms with E-state index in [4.69, 9.17) is 4.42 Å². The van der Waals surface area contributed by atoms with Gasteiger partial charge in [-0.3, -0.25) is 4.98 Å². The van der Waals surface area contributed by atoms with E-state index in [0.717, 1.165) is 5.69 Å². The van der Waals surface area contributed by atoms with Crippen molar-refractivity contribution in [1.82, 2.24) is 4.98 Å². The zero-order valence-electron chi connectivity index (χ0n) is 6.39. The summed E-state index contributed by atoms with van der Waals surface area (Å²) in [5.41, 5.74) is 0.894. The Kier molecular flexibility index (Phi) is 1.66. The van der Waals surface area contributed by atoms with Crippen LogP contribution in [0.3, 0.4) is 0 Å². The molecule has 0 radical (unpaired) electrons. The minimum absolute atomic E-state index is 0.325. The molecule has 0 saturated heterocycles. The van der Waals surface area contributed by atoms with Gasteiger partial charge in [-0.1, -0.05) is 13.8 Å². The fourth-order valence-corrected chi connectivity index (χ4v) is 0.968. The van der Waals surface area contributed by atoms with Crippen LogP contribution >= 0.6 is 0 Å². The highest BCUT2D eigenvalue weighted by Gasteiger charge is 2.07. The lowest BCUT2D eigenvalue weighted by Gasteiger charge is -1.98. The molecule has 1 rings (SSSR count). The van der Waals surface area contributed by atoms with Gasteiger partial charge >= 0.3 is 5.76 Å². The topological polar surface area (TPSA) is 46.0 Å². The van der Waals surface area contributed by atoms with Gasteiger partial charge in [0.15, 0.2) is 0 Å². The Hall–Kier alpha value is -0.990. The molecule has 3 heteroatoms. The third-order valence-electron chi connectivity index (χ3n) is 1.44. The molecule has 1 N–H and O–H groups in total. The van der Waals surface area contributed by atoms with E-state index in [1.54, 1.807) is 6.92 Å². The number of aromatic amines is 1. The molecule has 0 aromatic carbocycles. The van der Waals surface area contributed by atoms with Gasteiger partial charge in [-0.15, -0.1) is 0 Å². The van der Waals surface area contributed by atoms with Crippen LogP contribution in [0, 0.1) is 6.92 Å². The Labute approximate surface area is 59.1 Å². The quantitative estimate of drug-likeness (QED) is 0.642. The van der Waals surface area contributed by atoms with Crippen molar-refractivity contribution < 1.29 is 4.42 Å². The molecule has 0 aliphatic carbocycles. The molecule has 10 heavy (non-hydrogen) atoms. The van der Waals surface area contributed by atoms with Crippen molar-refractivity contribution in [1.29, 1.82) is 0 Å². The van der Waals surface area contributed by atoms with Crippen LogP contribution in [-0.4, -0.2) is 4.98 Å². The molecule has 0 unspecified atom stereocenters. The van der Waals surface area contributed by atoms with Gasteiger partial charge in [0.2, 0.25) is 0 Å². The van der Waals surface area contributed by atoms with E-state index in [0.29, 0.717) is 11.7 Å². The van der Waals surface area contributed by atoms with Gasteiger partial charge in [-0.2, -0.15) is 0 Å². The van der Waals surface area contributed by atoms with Gasteiger partial charge in [0, 0.05) is 0 Å². The van der Waals surface area contributed by atoms with Crippen LogP contribution in [-0.2, 0) is 0 Å². The molecule has 1 heterocycles. The summed E-state index contributed by atoms with van der Waals surface area (Å²) >= 11 is 0. The zero-order chi connectivity index (χ0) is 7.72. The average Bonchev–Trinajstić information content (AvgIpc) is 2.10. The first-order valence-electron chi connectivity index (χ1n) is 3.31. The average molecular weight is 141 g/mol. The minimum Gasteiger partial charge on any atom is -0.413 e. The van der Waals surface area contributed by atoms with Gasteiger partial charge in [0.25, 0.3) is 0 Å². The molecule has 0 aliphatic rings. The fraction of sp³-hybridized carbons (Fsp3) is 0.571. The summed E-state index contributed by atoms with van der Waals surface area (Å²) in [6.07, 6.45) is 0. The molecule has 1 aromatic rings. The second kappa shape index (κ2) is 2.33. The van der Waals surface area contributed by atoms with Crippen molar-refractivity contribution in [2.45, 2.75) is 26.7 Å². The highest BCUT2D eigenvalue weighted by molar-refractivity contribution is 5.08. The van der Waals surface area contributed by atoms with E-state index in [1.165, 1.54) is 0 Å². The predicted octanol–water partition coefficient (Wildman–Crippen LogP) is 1.40. The molecule has 1 aromatic heterocycles. The summed E-state index contributed by atoms with van der Waals surface area (Å²) in [4.78, 5) is 13.2. The van der Waals surface area contributed by atoms with E-state index in [9.17, 15) is 4.79 Å². The highest BCUT2D eigenvalue weighted by Crippen LogP contribution is 2.13. The number of aryl methyl sites for hydroxylation is 1. The number of aromatic nitrogens is 1. The molecule has 0 saturated carbocycles. The predicted molar refractivity (Wildman–Crippen MR) is 38.2 cm³/mol. The van der Waals surface area contributed by atoms with Gasteiger partial charge in [0.1, 0.15) is 5.76 Å². The van der Waals surface area contributed by atoms with Crippen molar-refractivity contribution in [2.75, 3.05) is 0 Å². The Morgan fingerprint density at radius 3 is 2.30 bits per heavy atom. The summed E-state index contributed by atoms with van der Waals surface area (Å²) in [6.45, 7) is 5.80. The normalized spacial score (nSPS) is 10.8. The lowest BCUT2D eigenvalue weighted by Crippen LogP contribution is -1.97. The monoisotopic (exact) mass is 141 g/mol. The standard InChI is InChI=1S/C7H11NO2/c1-4(2)6-5(3)10-7(9)8-6/h4H,1-3H3,(H,8,9). The second-order valence-electron chi connectivity index (χ2n) is 2.64. The molecular formula is C7H11NO2. The van der Waals surface area contributed by atoms with Gasteiger partial charge in [-0.05, 0) is 12.8 Å². The van der Waals surface area contributed by atoms with Crippen LogP contribution in [0.2, 0.25) is 0 Å². The van der Waals surface area contributed by atoms with Crippen molar-refractivity contribution in [2.24, 2.45) is 0 Å². The van der Waals surface area contributed by atoms with E-state index < -0.39 is 0 Å². The molecule has 0 amide bonds. The lowest BCUT2D eigenvalue weighted by molar-refractivity contribution is 0.486. The third-order valence-corrected chi connectivity index (χ3v) is 1.44. The number of nitrogens with one attached hydrogen (secondary N) is 1. The molecule has 0 aliphatic heterocycles. The molecule has 0 atom stereocenters. The van der Waals surface area contributed by atoms with Crippen LogP contribution in [0.5, 0.6) is 0 Å². The first kappa shape index (κ1) is 7.12. The number of hydrogen-bond donors (Lipinski definition) is 1. The summed E-state index contributed by atoms with van der Waals surface area (Å²) in [7, 11) is 0. The first-order valence-corrected chi connectivity index (χ1v) is 3.31. The fourth-order valence-electron chi connectivity index (χ4n) is 0.968. The Morgan fingerprint density at radius 2 is 2.10 bits per heavy atom. The summed E-state index contributed by atoms with van der Waals surface area (Å²) in [6, 6.07) is 0. The van der Waals surface area contributed by atoms with E-state index in [-0.39, 0.29) is 5.76 Å².